The zero-order valence-electron chi connectivity index (χ0n) is 34.8. The van der Waals surface area contributed by atoms with Crippen molar-refractivity contribution in [2.45, 2.75) is 6.92 Å². The van der Waals surface area contributed by atoms with Crippen molar-refractivity contribution in [3.8, 4) is 51.0 Å². The Kier molecular flexibility index (Phi) is 9.72. The molecule has 2 aromatic heterocycles. The van der Waals surface area contributed by atoms with Gasteiger partial charge >= 0.3 is 0 Å². The predicted octanol–water partition coefficient (Wildman–Crippen LogP) is 11.3. The summed E-state index contributed by atoms with van der Waals surface area (Å²) in [5.41, 5.74) is 9.43. The summed E-state index contributed by atoms with van der Waals surface area (Å²) in [5, 5.41) is 7.72. The van der Waals surface area contributed by atoms with Crippen molar-refractivity contribution in [1.29, 1.82) is 0 Å². The zero-order chi connectivity index (χ0) is 42.2. The zero-order valence-corrected chi connectivity index (χ0v) is 35.8. The van der Waals surface area contributed by atoms with Gasteiger partial charge in [0.1, 0.15) is 0 Å². The van der Waals surface area contributed by atoms with E-state index in [0.29, 0.717) is 17.5 Å². The van der Waals surface area contributed by atoms with Gasteiger partial charge in [0.05, 0.1) is 16.7 Å². The van der Waals surface area contributed by atoms with E-state index in [-0.39, 0.29) is 0 Å². The number of hydrogen-bond donors (Lipinski definition) is 0. The van der Waals surface area contributed by atoms with Gasteiger partial charge in [0.25, 0.3) is 0 Å². The lowest BCUT2D eigenvalue weighted by molar-refractivity contribution is 1.06. The third-order valence-corrected chi connectivity index (χ3v) is 17.0. The molecule has 0 aliphatic rings. The molecule has 0 amide bonds. The lowest BCUT2D eigenvalue weighted by Crippen LogP contribution is -2.74. The number of hydrogen-bond acceptors (Lipinski definition) is 3. The molecule has 11 rings (SSSR count). The first-order valence-electron chi connectivity index (χ1n) is 21.4. The Bertz CT molecular complexity index is 3230. The third-order valence-electron chi connectivity index (χ3n) is 12.3. The summed E-state index contributed by atoms with van der Waals surface area (Å²) in [7, 11) is -2.79. The molecule has 5 heteroatoms. The highest BCUT2D eigenvalue weighted by atomic mass is 28.3. The second kappa shape index (κ2) is 16.1. The third kappa shape index (κ3) is 6.76. The van der Waals surface area contributed by atoms with Gasteiger partial charge in [-0.1, -0.05) is 212 Å². The second-order valence-corrected chi connectivity index (χ2v) is 19.9. The van der Waals surface area contributed by atoms with Crippen LogP contribution in [0, 0.1) is 6.92 Å². The first-order valence-corrected chi connectivity index (χ1v) is 23.4. The summed E-state index contributed by atoms with van der Waals surface area (Å²) in [6, 6.07) is 85.2. The molecule has 0 aliphatic heterocycles. The highest BCUT2D eigenvalue weighted by molar-refractivity contribution is 7.19. The number of fused-ring (bicyclic) bond motifs is 3. The normalized spacial score (nSPS) is 11.6. The van der Waals surface area contributed by atoms with E-state index in [2.05, 4.69) is 212 Å². The molecule has 2 heterocycles. The summed E-state index contributed by atoms with van der Waals surface area (Å²) in [6.45, 7) is 2.16. The van der Waals surface area contributed by atoms with Gasteiger partial charge in [0.15, 0.2) is 25.5 Å². The molecule has 0 atom stereocenters. The van der Waals surface area contributed by atoms with Crippen molar-refractivity contribution in [2.24, 2.45) is 0 Å². The molecular weight excluding hydrogens is 781 g/mol. The summed E-state index contributed by atoms with van der Waals surface area (Å²) in [5.74, 6) is 1.86. The summed E-state index contributed by atoms with van der Waals surface area (Å²) >= 11 is 0. The maximum Gasteiger partial charge on any atom is 0.179 e. The number of para-hydroxylation sites is 1. The van der Waals surface area contributed by atoms with Gasteiger partial charge in [0.2, 0.25) is 0 Å². The van der Waals surface area contributed by atoms with Crippen LogP contribution in [0.25, 0.3) is 72.8 Å². The van der Waals surface area contributed by atoms with Crippen LogP contribution >= 0.6 is 0 Å². The average Bonchev–Trinajstić information content (AvgIpc) is 3.68. The van der Waals surface area contributed by atoms with Crippen LogP contribution in [-0.4, -0.2) is 27.6 Å². The van der Waals surface area contributed by atoms with Crippen molar-refractivity contribution >= 4 is 50.6 Å². The van der Waals surface area contributed by atoms with E-state index in [9.17, 15) is 0 Å². The smallest absolute Gasteiger partial charge is 0.179 e. The van der Waals surface area contributed by atoms with E-state index in [0.717, 1.165) is 44.5 Å². The van der Waals surface area contributed by atoms with E-state index in [4.69, 9.17) is 15.0 Å². The quantitative estimate of drug-likeness (QED) is 0.108. The fraction of sp³-hybridized carbons (Fsp3) is 0.0172. The molecular formula is C58H42N4Si. The Morgan fingerprint density at radius 1 is 0.333 bits per heavy atom. The molecule has 0 radical (unpaired) electrons. The number of benzene rings is 9. The molecule has 0 N–H and O–H groups in total. The molecule has 0 aliphatic carbocycles. The molecule has 0 saturated carbocycles. The van der Waals surface area contributed by atoms with Gasteiger partial charge in [-0.2, -0.15) is 0 Å². The van der Waals surface area contributed by atoms with Gasteiger partial charge in [0, 0.05) is 27.5 Å². The molecule has 0 unspecified atom stereocenters. The Hall–Kier alpha value is -7.99. The van der Waals surface area contributed by atoms with Crippen LogP contribution in [0.15, 0.2) is 237 Å². The van der Waals surface area contributed by atoms with Gasteiger partial charge < -0.3 is 4.57 Å². The first-order chi connectivity index (χ1) is 31.1. The Morgan fingerprint density at radius 2 is 0.794 bits per heavy atom. The minimum absolute atomic E-state index is 0.607. The van der Waals surface area contributed by atoms with Crippen molar-refractivity contribution in [3.05, 3.63) is 242 Å². The number of aryl methyl sites for hydroxylation is 1. The van der Waals surface area contributed by atoms with Crippen LogP contribution < -0.4 is 20.7 Å². The maximum atomic E-state index is 5.33. The molecule has 0 bridgehead atoms. The number of rotatable bonds is 9. The van der Waals surface area contributed by atoms with E-state index >= 15 is 0 Å². The lowest BCUT2D eigenvalue weighted by atomic mass is 10.0. The number of nitrogens with zero attached hydrogens (tertiary/aromatic N) is 4. The molecule has 0 spiro atoms. The van der Waals surface area contributed by atoms with Gasteiger partial charge in [-0.05, 0) is 68.6 Å². The Labute approximate surface area is 368 Å². The molecule has 298 valence electrons. The van der Waals surface area contributed by atoms with Crippen LogP contribution in [0.1, 0.15) is 5.56 Å². The van der Waals surface area contributed by atoms with Crippen LogP contribution in [0.2, 0.25) is 0 Å². The van der Waals surface area contributed by atoms with E-state index < -0.39 is 8.07 Å². The minimum Gasteiger partial charge on any atom is -0.308 e. The second-order valence-electron chi connectivity index (χ2n) is 16.1. The lowest BCUT2D eigenvalue weighted by Gasteiger charge is -2.34. The molecule has 0 saturated heterocycles. The SMILES string of the molecule is Cc1ccc2c3ccccc3n(-c3ccc(-c4cccc([Si](c5ccccc5)(c5ccccc5)c5ccccc5)c4)cc3-c3nc(-c4ccccc4)nc(-c4ccccc4)n3)c2c1. The van der Waals surface area contributed by atoms with Crippen molar-refractivity contribution < 1.29 is 0 Å². The van der Waals surface area contributed by atoms with E-state index in [1.807, 2.05) is 36.4 Å². The molecule has 63 heavy (non-hydrogen) atoms. The van der Waals surface area contributed by atoms with Gasteiger partial charge in [-0.25, -0.2) is 15.0 Å². The van der Waals surface area contributed by atoms with Crippen LogP contribution in [0.5, 0.6) is 0 Å². The van der Waals surface area contributed by atoms with Gasteiger partial charge in [-0.15, -0.1) is 0 Å². The van der Waals surface area contributed by atoms with E-state index in [1.165, 1.54) is 37.1 Å². The predicted molar refractivity (Wildman–Crippen MR) is 264 cm³/mol. The first kappa shape index (κ1) is 38.0. The molecule has 0 fully saturated rings. The summed E-state index contributed by atoms with van der Waals surface area (Å²) in [4.78, 5) is 15.7. The fourth-order valence-electron chi connectivity index (χ4n) is 9.36. The molecule has 11 aromatic rings. The van der Waals surface area contributed by atoms with Crippen molar-refractivity contribution in [2.75, 3.05) is 0 Å². The van der Waals surface area contributed by atoms with Crippen LogP contribution in [0.3, 0.4) is 0 Å². The number of aromatic nitrogens is 4. The standard InChI is InChI=1S/C58H42N4Si/c1-41-34-36-51-50-32-17-18-33-53(50)62(55(51)38-41)54-37-35-45(40-52(54)58-60-56(42-20-7-2-8-21-42)59-57(61-58)43-22-9-3-10-23-43)44-24-19-31-49(39-44)63(46-25-11-4-12-26-46,47-27-13-5-14-28-47)48-29-15-6-16-30-48/h2-40H,1H3. The maximum absolute atomic E-state index is 5.33. The van der Waals surface area contributed by atoms with Crippen LogP contribution in [0.4, 0.5) is 0 Å². The van der Waals surface area contributed by atoms with Crippen molar-refractivity contribution in [3.63, 3.8) is 0 Å². The summed E-state index contributed by atoms with van der Waals surface area (Å²) < 4.78 is 2.39. The Balaban J connectivity index is 1.19. The Morgan fingerprint density at radius 3 is 1.38 bits per heavy atom. The molecule has 9 aromatic carbocycles. The van der Waals surface area contributed by atoms with Gasteiger partial charge in [-0.3, -0.25) is 0 Å². The fourth-order valence-corrected chi connectivity index (χ4v) is 14.2. The topological polar surface area (TPSA) is 43.6 Å². The van der Waals surface area contributed by atoms with Crippen LogP contribution in [-0.2, 0) is 0 Å². The highest BCUT2D eigenvalue weighted by Crippen LogP contribution is 2.38. The summed E-state index contributed by atoms with van der Waals surface area (Å²) in [6.07, 6.45) is 0. The monoisotopic (exact) mass is 822 g/mol. The molecule has 4 nitrogen and oxygen atoms in total. The minimum atomic E-state index is -2.79. The van der Waals surface area contributed by atoms with Crippen molar-refractivity contribution in [1.82, 2.24) is 19.5 Å². The highest BCUT2D eigenvalue weighted by Gasteiger charge is 2.41. The average molecular weight is 823 g/mol. The van der Waals surface area contributed by atoms with E-state index in [1.54, 1.807) is 0 Å². The largest absolute Gasteiger partial charge is 0.308 e.